The van der Waals surface area contributed by atoms with Gasteiger partial charge < -0.3 is 19.1 Å². The molecule has 8 nitrogen and oxygen atoms in total. The largest absolute Gasteiger partial charge is 0.510 e. The van der Waals surface area contributed by atoms with E-state index in [9.17, 15) is 0 Å². The molecule has 64 heavy (non-hydrogen) atoms. The molecule has 0 saturated heterocycles. The normalized spacial score (nSPS) is 13.2. The molecule has 5 aromatic carbocycles. The van der Waals surface area contributed by atoms with Crippen molar-refractivity contribution in [2.24, 2.45) is 0 Å². The number of fused-ring (bicyclic) bond motifs is 3. The Hall–Kier alpha value is -6.11. The number of hydrogen-bond acceptors (Lipinski definition) is 7. The SMILES string of the molecule is Cc1ccnc(-n2c3[c-]c(Oc4[c-]c(N5C=CN(C)[CH-]5)ccc4)c(-c4nc(-c5ccc(C(C)(C)C)cc5)nc(-c5ccc(C(C)(C)C)cc5)n4)cc3c3cc(C(C)(C)C)ccc32)c1.[Pt]. The van der Waals surface area contributed by atoms with Gasteiger partial charge >= 0.3 is 0 Å². The van der Waals surface area contributed by atoms with Gasteiger partial charge in [0.25, 0.3) is 0 Å². The van der Waals surface area contributed by atoms with Gasteiger partial charge in [0.15, 0.2) is 11.6 Å². The smallest absolute Gasteiger partial charge is 0.162 e. The molecule has 0 N–H and O–H groups in total. The van der Waals surface area contributed by atoms with Gasteiger partial charge in [-0.05, 0) is 94.0 Å². The summed E-state index contributed by atoms with van der Waals surface area (Å²) in [6.45, 7) is 24.1. The van der Waals surface area contributed by atoms with Crippen molar-refractivity contribution < 1.29 is 25.8 Å². The van der Waals surface area contributed by atoms with Crippen molar-refractivity contribution in [1.82, 2.24) is 29.4 Å². The van der Waals surface area contributed by atoms with Crippen LogP contribution in [0.5, 0.6) is 11.5 Å². The van der Waals surface area contributed by atoms with E-state index in [2.05, 4.69) is 165 Å². The third kappa shape index (κ3) is 8.86. The Labute approximate surface area is 392 Å². The predicted molar refractivity (Wildman–Crippen MR) is 257 cm³/mol. The minimum atomic E-state index is -0.0828. The van der Waals surface area contributed by atoms with Gasteiger partial charge in [0.1, 0.15) is 11.6 Å². The van der Waals surface area contributed by atoms with E-state index < -0.39 is 0 Å². The van der Waals surface area contributed by atoms with Crippen molar-refractivity contribution in [2.45, 2.75) is 85.5 Å². The average Bonchev–Trinajstić information content (AvgIpc) is 3.83. The summed E-state index contributed by atoms with van der Waals surface area (Å²) in [5.74, 6) is 3.38. The Morgan fingerprint density at radius 1 is 0.609 bits per heavy atom. The van der Waals surface area contributed by atoms with E-state index >= 15 is 0 Å². The van der Waals surface area contributed by atoms with E-state index in [1.807, 2.05) is 66.4 Å². The summed E-state index contributed by atoms with van der Waals surface area (Å²) in [4.78, 5) is 24.6. The predicted octanol–water partition coefficient (Wildman–Crippen LogP) is 13.3. The topological polar surface area (TPSA) is 72.2 Å². The molecule has 0 atom stereocenters. The maximum Gasteiger partial charge on any atom is 0.162 e. The molecule has 328 valence electrons. The Morgan fingerprint density at radius 2 is 1.20 bits per heavy atom. The van der Waals surface area contributed by atoms with Crippen LogP contribution in [0.3, 0.4) is 0 Å². The third-order valence-corrected chi connectivity index (χ3v) is 11.7. The molecule has 0 bridgehead atoms. The van der Waals surface area contributed by atoms with Crippen molar-refractivity contribution in [3.63, 3.8) is 0 Å². The van der Waals surface area contributed by atoms with Crippen LogP contribution in [0.4, 0.5) is 5.69 Å². The van der Waals surface area contributed by atoms with Crippen LogP contribution >= 0.6 is 0 Å². The molecular weight excluding hydrogens is 970 g/mol. The van der Waals surface area contributed by atoms with Gasteiger partial charge in [0, 0.05) is 55.4 Å². The van der Waals surface area contributed by atoms with Crippen LogP contribution < -0.4 is 9.64 Å². The van der Waals surface area contributed by atoms with Crippen molar-refractivity contribution in [3.05, 3.63) is 163 Å². The molecule has 0 unspecified atom stereocenters. The second-order valence-electron chi connectivity index (χ2n) is 19.7. The molecule has 0 radical (unpaired) electrons. The van der Waals surface area contributed by atoms with Gasteiger partial charge in [-0.2, -0.15) is 12.7 Å². The zero-order valence-electron chi connectivity index (χ0n) is 38.5. The fourth-order valence-corrected chi connectivity index (χ4v) is 7.91. The zero-order valence-corrected chi connectivity index (χ0v) is 40.8. The van der Waals surface area contributed by atoms with Crippen LogP contribution in [0, 0.1) is 25.7 Å². The minimum Gasteiger partial charge on any atom is -0.510 e. The van der Waals surface area contributed by atoms with Crippen molar-refractivity contribution >= 4 is 27.5 Å². The van der Waals surface area contributed by atoms with E-state index in [4.69, 9.17) is 24.7 Å². The summed E-state index contributed by atoms with van der Waals surface area (Å²) in [6, 6.07) is 43.3. The first-order valence-electron chi connectivity index (χ1n) is 21.6. The number of hydrogen-bond donors (Lipinski definition) is 0. The molecule has 1 aliphatic rings. The molecule has 9 rings (SSSR count). The van der Waals surface area contributed by atoms with Crippen LogP contribution in [0.25, 0.3) is 61.8 Å². The first kappa shape index (κ1) is 44.5. The summed E-state index contributed by atoms with van der Waals surface area (Å²) < 4.78 is 9.14. The van der Waals surface area contributed by atoms with E-state index in [0.29, 0.717) is 34.5 Å². The number of pyridine rings is 1. The first-order valence-corrected chi connectivity index (χ1v) is 21.6. The number of anilines is 1. The number of benzene rings is 5. The van der Waals surface area contributed by atoms with Crippen LogP contribution in [-0.2, 0) is 37.3 Å². The number of aromatic nitrogens is 5. The Kier molecular flexibility index (Phi) is 11.7. The van der Waals surface area contributed by atoms with Crippen molar-refractivity contribution in [3.8, 4) is 51.5 Å². The van der Waals surface area contributed by atoms with Crippen LogP contribution in [0.2, 0.25) is 0 Å². The van der Waals surface area contributed by atoms with Gasteiger partial charge in [0.05, 0.1) is 0 Å². The van der Waals surface area contributed by atoms with Gasteiger partial charge in [0.2, 0.25) is 0 Å². The molecule has 0 saturated carbocycles. The molecule has 8 aromatic rings. The van der Waals surface area contributed by atoms with Gasteiger partial charge in [-0.3, -0.25) is 0 Å². The van der Waals surface area contributed by atoms with Gasteiger partial charge in [-0.25, -0.2) is 19.9 Å². The molecule has 3 aromatic heterocycles. The third-order valence-electron chi connectivity index (χ3n) is 11.7. The van der Waals surface area contributed by atoms with E-state index in [1.54, 1.807) is 0 Å². The fraction of sp³-hybridized carbons (Fsp3) is 0.255. The summed E-state index contributed by atoms with van der Waals surface area (Å²) in [5.41, 5.74) is 9.84. The number of ether oxygens (including phenoxy) is 1. The molecular formula is C55H54N7OPt-3. The Balaban J connectivity index is 0.00000560. The van der Waals surface area contributed by atoms with Crippen LogP contribution in [-0.4, -0.2) is 36.5 Å². The quantitative estimate of drug-likeness (QED) is 0.147. The molecule has 0 fully saturated rings. The monoisotopic (exact) mass is 1020 g/mol. The summed E-state index contributed by atoms with van der Waals surface area (Å²) in [5, 5.41) is 2.05. The molecule has 4 heterocycles. The average molecular weight is 1020 g/mol. The van der Waals surface area contributed by atoms with E-state index in [1.165, 1.54) is 16.7 Å². The fourth-order valence-electron chi connectivity index (χ4n) is 7.91. The minimum absolute atomic E-state index is 0. The van der Waals surface area contributed by atoms with Gasteiger partial charge in [-0.1, -0.05) is 128 Å². The molecule has 1 aliphatic heterocycles. The maximum atomic E-state index is 6.96. The summed E-state index contributed by atoms with van der Waals surface area (Å²) in [7, 11) is 2.00. The Morgan fingerprint density at radius 3 is 1.77 bits per heavy atom. The van der Waals surface area contributed by atoms with Crippen molar-refractivity contribution in [1.29, 1.82) is 0 Å². The van der Waals surface area contributed by atoms with Crippen LogP contribution in [0.15, 0.2) is 122 Å². The molecule has 9 heteroatoms. The van der Waals surface area contributed by atoms with Gasteiger partial charge in [-0.15, -0.1) is 41.4 Å². The molecule has 0 spiro atoms. The second kappa shape index (κ2) is 16.8. The van der Waals surface area contributed by atoms with E-state index in [-0.39, 0.29) is 37.3 Å². The molecule has 0 amide bonds. The van der Waals surface area contributed by atoms with Crippen LogP contribution in [0.1, 0.15) is 84.6 Å². The maximum absolute atomic E-state index is 6.96. The first-order chi connectivity index (χ1) is 29.9. The van der Waals surface area contributed by atoms with E-state index in [0.717, 1.165) is 50.0 Å². The Bertz CT molecular complexity index is 2960. The second-order valence-corrected chi connectivity index (χ2v) is 19.7. The number of nitrogens with zero attached hydrogens (tertiary/aromatic N) is 7. The standard InChI is InChI=1S/C55H54N7O.Pt/c1-35-25-26-56-49(29-35)62-46-24-23-40(55(8,9)10)30-43(46)44-32-45(48(33-47(44)62)63-42-14-12-13-41(31-42)61-28-27-60(11)34-61)52-58-50(36-15-19-38(20-16-36)53(2,3)4)57-51(59-52)37-17-21-39(22-18-37)54(5,6)7;/h12-30,32,34H,1-11H3;/q-3;. The zero-order chi connectivity index (χ0) is 44.4. The number of rotatable bonds is 7. The summed E-state index contributed by atoms with van der Waals surface area (Å²) in [6.07, 6.45) is 5.84. The number of aryl methyl sites for hydroxylation is 1. The van der Waals surface area contributed by atoms with Crippen molar-refractivity contribution in [2.75, 3.05) is 11.9 Å². The summed E-state index contributed by atoms with van der Waals surface area (Å²) >= 11 is 0. The molecule has 0 aliphatic carbocycles.